The number of benzene rings is 2. The molecule has 0 spiro atoms. The lowest BCUT2D eigenvalue weighted by molar-refractivity contribution is -0.123. The fourth-order valence-corrected chi connectivity index (χ4v) is 2.26. The number of ether oxygens (including phenoxy) is 1. The van der Waals surface area contributed by atoms with Crippen LogP contribution in [0, 0.1) is 0 Å². The molecule has 116 valence electrons. The molecule has 2 N–H and O–H groups in total. The van der Waals surface area contributed by atoms with Gasteiger partial charge in [-0.15, -0.1) is 0 Å². The summed E-state index contributed by atoms with van der Waals surface area (Å²) in [5.41, 5.74) is 1.79. The van der Waals surface area contributed by atoms with Gasteiger partial charge < -0.3 is 15.2 Å². The number of hydrogen-bond donors (Lipinski definition) is 2. The first-order valence-corrected chi connectivity index (χ1v) is 7.26. The average molecular weight is 299 g/mol. The fourth-order valence-electron chi connectivity index (χ4n) is 2.26. The summed E-state index contributed by atoms with van der Waals surface area (Å²) >= 11 is 0. The number of rotatable bonds is 6. The number of hydrogen-bond acceptors (Lipinski definition) is 3. The summed E-state index contributed by atoms with van der Waals surface area (Å²) < 4.78 is 5.11. The van der Waals surface area contributed by atoms with E-state index >= 15 is 0 Å². The topological polar surface area (TPSA) is 58.6 Å². The van der Waals surface area contributed by atoms with Gasteiger partial charge in [-0.25, -0.2) is 0 Å². The molecule has 0 saturated carbocycles. The Bertz CT molecular complexity index is 595. The van der Waals surface area contributed by atoms with Gasteiger partial charge in [0, 0.05) is 0 Å². The van der Waals surface area contributed by atoms with E-state index in [1.54, 1.807) is 7.11 Å². The molecule has 2 atom stereocenters. The minimum absolute atomic E-state index is 0.110. The van der Waals surface area contributed by atoms with Gasteiger partial charge in [-0.1, -0.05) is 42.5 Å². The van der Waals surface area contributed by atoms with Gasteiger partial charge in [0.1, 0.15) is 5.75 Å². The Morgan fingerprint density at radius 2 is 1.73 bits per heavy atom. The Labute approximate surface area is 130 Å². The Kier molecular flexibility index (Phi) is 5.55. The van der Waals surface area contributed by atoms with E-state index in [2.05, 4.69) is 5.32 Å². The number of nitrogens with one attached hydrogen (secondary N) is 1. The lowest BCUT2D eigenvalue weighted by atomic mass is 9.99. The molecule has 2 aromatic rings. The summed E-state index contributed by atoms with van der Waals surface area (Å²) in [6.07, 6.45) is 0. The van der Waals surface area contributed by atoms with Crippen LogP contribution in [-0.4, -0.2) is 24.7 Å². The molecule has 22 heavy (non-hydrogen) atoms. The first kappa shape index (κ1) is 16.0. The second-order valence-corrected chi connectivity index (χ2v) is 5.15. The highest BCUT2D eigenvalue weighted by Crippen LogP contribution is 2.20. The van der Waals surface area contributed by atoms with Crippen molar-refractivity contribution in [1.82, 2.24) is 5.32 Å². The predicted molar refractivity (Wildman–Crippen MR) is 85.8 cm³/mol. The summed E-state index contributed by atoms with van der Waals surface area (Å²) in [5, 5.41) is 12.5. The van der Waals surface area contributed by atoms with Crippen LogP contribution in [0.4, 0.5) is 0 Å². The Balaban J connectivity index is 2.07. The smallest absolute Gasteiger partial charge is 0.227 e. The highest BCUT2D eigenvalue weighted by molar-refractivity contribution is 5.83. The maximum atomic E-state index is 12.4. The Morgan fingerprint density at radius 3 is 2.27 bits per heavy atom. The number of carbonyl (C=O) groups is 1. The van der Waals surface area contributed by atoms with Crippen molar-refractivity contribution in [2.24, 2.45) is 0 Å². The zero-order valence-electron chi connectivity index (χ0n) is 12.8. The van der Waals surface area contributed by atoms with Crippen molar-refractivity contribution in [3.8, 4) is 5.75 Å². The van der Waals surface area contributed by atoms with Crippen molar-refractivity contribution in [2.45, 2.75) is 18.9 Å². The van der Waals surface area contributed by atoms with Crippen LogP contribution in [0.2, 0.25) is 0 Å². The van der Waals surface area contributed by atoms with E-state index in [4.69, 9.17) is 4.74 Å². The summed E-state index contributed by atoms with van der Waals surface area (Å²) in [4.78, 5) is 12.4. The largest absolute Gasteiger partial charge is 0.497 e. The van der Waals surface area contributed by atoms with Crippen LogP contribution in [-0.2, 0) is 4.79 Å². The first-order chi connectivity index (χ1) is 10.7. The van der Waals surface area contributed by atoms with Crippen LogP contribution in [0.5, 0.6) is 5.75 Å². The van der Waals surface area contributed by atoms with E-state index in [1.165, 1.54) is 0 Å². The monoisotopic (exact) mass is 299 g/mol. The lowest BCUT2D eigenvalue weighted by Gasteiger charge is -2.20. The molecule has 0 fully saturated rings. The van der Waals surface area contributed by atoms with Crippen LogP contribution in [0.15, 0.2) is 54.6 Å². The van der Waals surface area contributed by atoms with Gasteiger partial charge in [0.25, 0.3) is 0 Å². The molecule has 1 amide bonds. The molecule has 0 radical (unpaired) electrons. The second kappa shape index (κ2) is 7.61. The Morgan fingerprint density at radius 1 is 1.09 bits per heavy atom. The molecule has 2 rings (SSSR count). The normalized spacial score (nSPS) is 13.2. The van der Waals surface area contributed by atoms with Crippen LogP contribution >= 0.6 is 0 Å². The number of methoxy groups -OCH3 is 1. The van der Waals surface area contributed by atoms with E-state index in [-0.39, 0.29) is 18.4 Å². The minimum atomic E-state index is -0.426. The predicted octanol–water partition coefficient (Wildman–Crippen LogP) is 2.65. The van der Waals surface area contributed by atoms with E-state index in [0.29, 0.717) is 0 Å². The number of amides is 1. The van der Waals surface area contributed by atoms with Gasteiger partial charge in [-0.2, -0.15) is 0 Å². The molecule has 0 bridgehead atoms. The van der Waals surface area contributed by atoms with Gasteiger partial charge in [-0.05, 0) is 30.2 Å². The third-order valence-electron chi connectivity index (χ3n) is 3.71. The second-order valence-electron chi connectivity index (χ2n) is 5.15. The van der Waals surface area contributed by atoms with E-state index in [1.807, 2.05) is 61.5 Å². The summed E-state index contributed by atoms with van der Waals surface area (Å²) in [6, 6.07) is 16.5. The van der Waals surface area contributed by atoms with E-state index in [9.17, 15) is 9.90 Å². The quantitative estimate of drug-likeness (QED) is 0.862. The van der Waals surface area contributed by atoms with Crippen molar-refractivity contribution >= 4 is 5.91 Å². The molecule has 0 aliphatic carbocycles. The van der Waals surface area contributed by atoms with Crippen LogP contribution in [0.3, 0.4) is 0 Å². The number of aliphatic hydroxyl groups is 1. The highest BCUT2D eigenvalue weighted by atomic mass is 16.5. The van der Waals surface area contributed by atoms with Crippen LogP contribution < -0.4 is 10.1 Å². The minimum Gasteiger partial charge on any atom is -0.497 e. The average Bonchev–Trinajstić information content (AvgIpc) is 2.59. The third-order valence-corrected chi connectivity index (χ3v) is 3.71. The molecule has 0 heterocycles. The molecule has 0 aliphatic rings. The van der Waals surface area contributed by atoms with Crippen LogP contribution in [0.25, 0.3) is 0 Å². The molecule has 4 nitrogen and oxygen atoms in total. The lowest BCUT2D eigenvalue weighted by Crippen LogP contribution is -2.33. The van der Waals surface area contributed by atoms with Gasteiger partial charge in [0.15, 0.2) is 0 Å². The van der Waals surface area contributed by atoms with Crippen molar-refractivity contribution in [3.05, 3.63) is 65.7 Å². The van der Waals surface area contributed by atoms with E-state index in [0.717, 1.165) is 16.9 Å². The molecule has 0 aromatic heterocycles. The zero-order chi connectivity index (χ0) is 15.9. The fraction of sp³-hybridized carbons (Fsp3) is 0.278. The van der Waals surface area contributed by atoms with Crippen molar-refractivity contribution in [3.63, 3.8) is 0 Å². The van der Waals surface area contributed by atoms with Crippen LogP contribution in [0.1, 0.15) is 30.0 Å². The highest BCUT2D eigenvalue weighted by Gasteiger charge is 2.19. The molecular weight excluding hydrogens is 278 g/mol. The van der Waals surface area contributed by atoms with Crippen molar-refractivity contribution in [1.29, 1.82) is 0 Å². The first-order valence-electron chi connectivity index (χ1n) is 7.26. The number of aliphatic hydroxyl groups excluding tert-OH is 1. The van der Waals surface area contributed by atoms with E-state index < -0.39 is 6.04 Å². The van der Waals surface area contributed by atoms with Gasteiger partial charge in [0.2, 0.25) is 5.91 Å². The summed E-state index contributed by atoms with van der Waals surface area (Å²) in [6.45, 7) is 1.70. The summed E-state index contributed by atoms with van der Waals surface area (Å²) in [5.74, 6) is 0.360. The number of carbonyl (C=O) groups excluding carboxylic acids is 1. The van der Waals surface area contributed by atoms with Gasteiger partial charge in [0.05, 0.1) is 25.7 Å². The molecule has 0 aliphatic heterocycles. The molecule has 1 unspecified atom stereocenters. The molecule has 2 aromatic carbocycles. The standard InChI is InChI=1S/C18H21NO3/c1-13(14-6-4-3-5-7-14)18(21)19-17(12-20)15-8-10-16(22-2)11-9-15/h3-11,13,17,20H,12H2,1-2H3,(H,19,21)/t13-,17?/m1/s1. The van der Waals surface area contributed by atoms with Gasteiger partial charge >= 0.3 is 0 Å². The van der Waals surface area contributed by atoms with Crippen molar-refractivity contribution < 1.29 is 14.6 Å². The van der Waals surface area contributed by atoms with Gasteiger partial charge in [-0.3, -0.25) is 4.79 Å². The zero-order valence-corrected chi connectivity index (χ0v) is 12.8. The molecule has 0 saturated heterocycles. The SMILES string of the molecule is COc1ccc(C(CO)NC(=O)[C@H](C)c2ccccc2)cc1. The third kappa shape index (κ3) is 3.86. The summed E-state index contributed by atoms with van der Waals surface area (Å²) in [7, 11) is 1.60. The molecular formula is C18H21NO3. The molecule has 4 heteroatoms. The maximum Gasteiger partial charge on any atom is 0.227 e. The van der Waals surface area contributed by atoms with Crippen molar-refractivity contribution in [2.75, 3.05) is 13.7 Å². The maximum absolute atomic E-state index is 12.4. The Hall–Kier alpha value is -2.33.